The minimum Gasteiger partial charge on any atom is -0.325 e. The fraction of sp³-hybridized carbons (Fsp3) is 0.529. The van der Waals surface area contributed by atoms with E-state index in [-0.39, 0.29) is 11.9 Å². The van der Waals surface area contributed by atoms with Gasteiger partial charge in [-0.15, -0.1) is 0 Å². The molecule has 1 aromatic rings. The molecule has 4 nitrogen and oxygen atoms in total. The predicted molar refractivity (Wildman–Crippen MR) is 83.8 cm³/mol. The molecule has 1 saturated carbocycles. The van der Waals surface area contributed by atoms with Crippen molar-refractivity contribution in [1.29, 1.82) is 5.26 Å². The summed E-state index contributed by atoms with van der Waals surface area (Å²) >= 11 is 0. The third-order valence-electron chi connectivity index (χ3n) is 3.89. The van der Waals surface area contributed by atoms with E-state index in [2.05, 4.69) is 23.2 Å². The average molecular weight is 285 g/mol. The topological polar surface area (TPSA) is 56.1 Å². The second-order valence-electron chi connectivity index (χ2n) is 5.80. The van der Waals surface area contributed by atoms with E-state index in [0.29, 0.717) is 11.3 Å². The highest BCUT2D eigenvalue weighted by molar-refractivity contribution is 5.94. The van der Waals surface area contributed by atoms with E-state index < -0.39 is 0 Å². The van der Waals surface area contributed by atoms with Gasteiger partial charge in [0.25, 0.3) is 0 Å². The summed E-state index contributed by atoms with van der Waals surface area (Å²) in [5.74, 6) is 0.771. The fourth-order valence-corrected chi connectivity index (χ4v) is 2.44. The summed E-state index contributed by atoms with van der Waals surface area (Å²) in [4.78, 5) is 14.7. The summed E-state index contributed by atoms with van der Waals surface area (Å²) in [5, 5.41) is 11.8. The van der Waals surface area contributed by atoms with Crippen LogP contribution < -0.4 is 5.32 Å². The van der Waals surface area contributed by atoms with Gasteiger partial charge >= 0.3 is 0 Å². The van der Waals surface area contributed by atoms with Crippen LogP contribution in [-0.4, -0.2) is 29.9 Å². The van der Waals surface area contributed by atoms with E-state index in [1.807, 2.05) is 13.0 Å². The Balaban J connectivity index is 1.97. The monoisotopic (exact) mass is 285 g/mol. The first-order valence-electron chi connectivity index (χ1n) is 7.69. The number of carbonyl (C=O) groups excluding carboxylic acids is 1. The Bertz CT molecular complexity index is 531. The van der Waals surface area contributed by atoms with Gasteiger partial charge in [0.05, 0.1) is 17.7 Å². The summed E-state index contributed by atoms with van der Waals surface area (Å²) in [6.45, 7) is 6.06. The minimum atomic E-state index is -0.142. The number of hydrogen-bond acceptors (Lipinski definition) is 3. The summed E-state index contributed by atoms with van der Waals surface area (Å²) < 4.78 is 0. The predicted octanol–water partition coefficient (Wildman–Crippen LogP) is 3.01. The third kappa shape index (κ3) is 4.57. The van der Waals surface area contributed by atoms with Gasteiger partial charge in [-0.3, -0.25) is 9.69 Å². The summed E-state index contributed by atoms with van der Waals surface area (Å²) in [6, 6.07) is 8.98. The van der Waals surface area contributed by atoms with Gasteiger partial charge in [0.15, 0.2) is 0 Å². The number of nitrogens with one attached hydrogen (secondary N) is 1. The average Bonchev–Trinajstić information content (AvgIpc) is 3.30. The van der Waals surface area contributed by atoms with Crippen molar-refractivity contribution in [3.8, 4) is 6.07 Å². The fourth-order valence-electron chi connectivity index (χ4n) is 2.44. The molecule has 0 heterocycles. The Labute approximate surface area is 126 Å². The van der Waals surface area contributed by atoms with E-state index in [1.165, 1.54) is 12.8 Å². The Morgan fingerprint density at radius 2 is 2.29 bits per heavy atom. The normalized spacial score (nSPS) is 15.5. The largest absolute Gasteiger partial charge is 0.325 e. The minimum absolute atomic E-state index is 0.000750. The van der Waals surface area contributed by atoms with Gasteiger partial charge < -0.3 is 5.32 Å². The second kappa shape index (κ2) is 7.24. The number of amides is 1. The summed E-state index contributed by atoms with van der Waals surface area (Å²) in [5.41, 5.74) is 1.25. The maximum Gasteiger partial charge on any atom is 0.241 e. The number of nitrogens with zero attached hydrogens (tertiary/aromatic N) is 2. The first-order valence-corrected chi connectivity index (χ1v) is 7.69. The highest BCUT2D eigenvalue weighted by Gasteiger charge is 2.28. The summed E-state index contributed by atoms with van der Waals surface area (Å²) in [7, 11) is 0. The maximum atomic E-state index is 12.4. The lowest BCUT2D eigenvalue weighted by Crippen LogP contribution is -2.43. The molecule has 1 N–H and O–H groups in total. The lowest BCUT2D eigenvalue weighted by atomic mass is 10.2. The molecule has 1 amide bonds. The van der Waals surface area contributed by atoms with E-state index >= 15 is 0 Å². The Morgan fingerprint density at radius 3 is 2.90 bits per heavy atom. The van der Waals surface area contributed by atoms with Crippen LogP contribution in [0.1, 0.15) is 38.7 Å². The highest BCUT2D eigenvalue weighted by atomic mass is 16.2. The number of rotatable bonds is 7. The smallest absolute Gasteiger partial charge is 0.241 e. The molecule has 1 aliphatic rings. The van der Waals surface area contributed by atoms with Crippen molar-refractivity contribution < 1.29 is 4.79 Å². The van der Waals surface area contributed by atoms with Crippen molar-refractivity contribution in [2.45, 2.75) is 39.2 Å². The van der Waals surface area contributed by atoms with Crippen molar-refractivity contribution in [3.63, 3.8) is 0 Å². The third-order valence-corrected chi connectivity index (χ3v) is 3.89. The number of nitriles is 1. The van der Waals surface area contributed by atoms with E-state index in [9.17, 15) is 4.79 Å². The van der Waals surface area contributed by atoms with Crippen LogP contribution >= 0.6 is 0 Å². The van der Waals surface area contributed by atoms with Crippen LogP contribution in [0.2, 0.25) is 0 Å². The van der Waals surface area contributed by atoms with Crippen molar-refractivity contribution >= 4 is 11.6 Å². The van der Waals surface area contributed by atoms with Crippen LogP contribution in [0.3, 0.4) is 0 Å². The lowest BCUT2D eigenvalue weighted by Gasteiger charge is -2.27. The quantitative estimate of drug-likeness (QED) is 0.838. The lowest BCUT2D eigenvalue weighted by molar-refractivity contribution is -0.120. The molecule has 2 rings (SSSR count). The molecular weight excluding hydrogens is 262 g/mol. The SMILES string of the molecule is CCCN(CC1CC1)C(C)C(=O)Nc1cccc(C#N)c1. The molecule has 1 aromatic carbocycles. The Morgan fingerprint density at radius 1 is 1.52 bits per heavy atom. The Kier molecular flexibility index (Phi) is 5.35. The number of hydrogen-bond donors (Lipinski definition) is 1. The van der Waals surface area contributed by atoms with Crippen LogP contribution in [0.5, 0.6) is 0 Å². The second-order valence-corrected chi connectivity index (χ2v) is 5.80. The molecule has 4 heteroatoms. The van der Waals surface area contributed by atoms with Crippen molar-refractivity contribution in [2.75, 3.05) is 18.4 Å². The van der Waals surface area contributed by atoms with Crippen LogP contribution in [0.15, 0.2) is 24.3 Å². The van der Waals surface area contributed by atoms with E-state index in [4.69, 9.17) is 5.26 Å². The Hall–Kier alpha value is -1.86. The van der Waals surface area contributed by atoms with Crippen molar-refractivity contribution in [1.82, 2.24) is 4.90 Å². The standard InChI is InChI=1S/C17H23N3O/c1-3-9-20(12-14-7-8-14)13(2)17(21)19-16-6-4-5-15(10-16)11-18/h4-6,10,13-14H,3,7-9,12H2,1-2H3,(H,19,21). The van der Waals surface area contributed by atoms with Crippen LogP contribution in [-0.2, 0) is 4.79 Å². The molecule has 1 aliphatic carbocycles. The molecule has 112 valence electrons. The molecule has 0 radical (unpaired) electrons. The zero-order valence-electron chi connectivity index (χ0n) is 12.8. The van der Waals surface area contributed by atoms with Crippen molar-refractivity contribution in [3.05, 3.63) is 29.8 Å². The van der Waals surface area contributed by atoms with Gasteiger partial charge in [0.2, 0.25) is 5.91 Å². The zero-order valence-corrected chi connectivity index (χ0v) is 12.8. The molecule has 1 atom stereocenters. The van der Waals surface area contributed by atoms with Crippen molar-refractivity contribution in [2.24, 2.45) is 5.92 Å². The van der Waals surface area contributed by atoms with Gasteiger partial charge in [0, 0.05) is 12.2 Å². The van der Waals surface area contributed by atoms with E-state index in [0.717, 1.165) is 25.4 Å². The summed E-state index contributed by atoms with van der Waals surface area (Å²) in [6.07, 6.45) is 3.63. The molecular formula is C17H23N3O. The molecule has 21 heavy (non-hydrogen) atoms. The van der Waals surface area contributed by atoms with Crippen LogP contribution in [0.4, 0.5) is 5.69 Å². The zero-order chi connectivity index (χ0) is 15.2. The van der Waals surface area contributed by atoms with Gasteiger partial charge in [-0.05, 0) is 56.8 Å². The maximum absolute atomic E-state index is 12.4. The highest BCUT2D eigenvalue weighted by Crippen LogP contribution is 2.30. The van der Waals surface area contributed by atoms with Gasteiger partial charge in [-0.25, -0.2) is 0 Å². The van der Waals surface area contributed by atoms with Crippen LogP contribution in [0, 0.1) is 17.2 Å². The number of benzene rings is 1. The van der Waals surface area contributed by atoms with Crippen LogP contribution in [0.25, 0.3) is 0 Å². The molecule has 1 fully saturated rings. The molecule has 0 saturated heterocycles. The molecule has 1 unspecified atom stereocenters. The molecule has 0 aromatic heterocycles. The molecule has 0 aliphatic heterocycles. The van der Waals surface area contributed by atoms with Gasteiger partial charge in [-0.2, -0.15) is 5.26 Å². The number of anilines is 1. The van der Waals surface area contributed by atoms with Gasteiger partial charge in [0.1, 0.15) is 0 Å². The molecule has 0 spiro atoms. The van der Waals surface area contributed by atoms with Gasteiger partial charge in [-0.1, -0.05) is 13.0 Å². The number of carbonyl (C=O) groups is 1. The molecule has 0 bridgehead atoms. The first-order chi connectivity index (χ1) is 10.1. The first kappa shape index (κ1) is 15.5. The van der Waals surface area contributed by atoms with E-state index in [1.54, 1.807) is 18.2 Å².